The minimum atomic E-state index is -4.35. The molecule has 34 heavy (non-hydrogen) atoms. The summed E-state index contributed by atoms with van der Waals surface area (Å²) in [5.74, 6) is -1.88. The summed E-state index contributed by atoms with van der Waals surface area (Å²) in [5, 5.41) is 2.74. The number of alkyl halides is 3. The van der Waals surface area contributed by atoms with Crippen LogP contribution in [0.15, 0.2) is 41.4 Å². The van der Waals surface area contributed by atoms with Gasteiger partial charge in [-0.1, -0.05) is 24.6 Å². The molecule has 3 heterocycles. The Balaban J connectivity index is 1.51. The van der Waals surface area contributed by atoms with Crippen LogP contribution in [0.2, 0.25) is 5.02 Å². The SMILES string of the molecule is CC(Cc1ncc2c(n1)CN(C(=O)NC(c1ccc(Cl)c(F)c1)c1cnco1)CC2)C(F)(F)F. The Morgan fingerprint density at radius 1 is 1.32 bits per heavy atom. The molecule has 1 N–H and O–H groups in total. The lowest BCUT2D eigenvalue weighted by atomic mass is 10.0. The average molecular weight is 498 g/mol. The molecular formula is C22H20ClF4N5O2. The molecule has 4 rings (SSSR count). The van der Waals surface area contributed by atoms with E-state index in [1.165, 1.54) is 35.8 Å². The molecule has 1 aliphatic rings. The number of benzene rings is 1. The Kier molecular flexibility index (Phi) is 6.74. The Morgan fingerprint density at radius 2 is 2.12 bits per heavy atom. The van der Waals surface area contributed by atoms with Crippen molar-refractivity contribution in [3.8, 4) is 0 Å². The molecule has 1 aliphatic heterocycles. The van der Waals surface area contributed by atoms with Crippen molar-refractivity contribution in [2.45, 2.75) is 38.5 Å². The summed E-state index contributed by atoms with van der Waals surface area (Å²) in [6.45, 7) is 1.51. The highest BCUT2D eigenvalue weighted by Gasteiger charge is 2.36. The molecule has 0 bridgehead atoms. The van der Waals surface area contributed by atoms with Gasteiger partial charge in [0, 0.05) is 19.2 Å². The number of carbonyl (C=O) groups excluding carboxylic acids is 1. The number of halogens is 5. The maximum atomic E-state index is 14.1. The molecule has 0 saturated carbocycles. The fourth-order valence-corrected chi connectivity index (χ4v) is 3.72. The molecule has 3 aromatic rings. The number of urea groups is 1. The van der Waals surface area contributed by atoms with E-state index in [0.29, 0.717) is 30.0 Å². The number of hydrogen-bond donors (Lipinski definition) is 1. The summed E-state index contributed by atoms with van der Waals surface area (Å²) in [7, 11) is 0. The van der Waals surface area contributed by atoms with E-state index in [0.717, 1.165) is 12.5 Å². The van der Waals surface area contributed by atoms with Gasteiger partial charge in [-0.3, -0.25) is 0 Å². The molecule has 2 aromatic heterocycles. The molecular weight excluding hydrogens is 478 g/mol. The van der Waals surface area contributed by atoms with Gasteiger partial charge >= 0.3 is 12.2 Å². The predicted octanol–water partition coefficient (Wildman–Crippen LogP) is 4.86. The van der Waals surface area contributed by atoms with Crippen molar-refractivity contribution in [3.05, 3.63) is 76.2 Å². The number of aromatic nitrogens is 3. The Morgan fingerprint density at radius 3 is 2.79 bits per heavy atom. The molecule has 0 radical (unpaired) electrons. The topological polar surface area (TPSA) is 84.2 Å². The second-order valence-electron chi connectivity index (χ2n) is 8.04. The van der Waals surface area contributed by atoms with Gasteiger partial charge in [-0.05, 0) is 29.7 Å². The van der Waals surface area contributed by atoms with Crippen LogP contribution in [0.3, 0.4) is 0 Å². The standard InChI is InChI=1S/C22H20ClF4N5O2/c1-12(22(25,26)27)6-19-29-8-14-4-5-32(10-17(14)30-19)21(33)31-20(18-9-28-11-34-18)13-2-3-15(23)16(24)7-13/h2-3,7-9,11-12,20H,4-6,10H2,1H3,(H,31,33). The molecule has 0 fully saturated rings. The van der Waals surface area contributed by atoms with Gasteiger partial charge < -0.3 is 14.6 Å². The van der Waals surface area contributed by atoms with Crippen molar-refractivity contribution in [2.24, 2.45) is 5.92 Å². The first kappa shape index (κ1) is 23.9. The van der Waals surface area contributed by atoms with Crippen LogP contribution in [0.1, 0.15) is 41.4 Å². The summed E-state index contributed by atoms with van der Waals surface area (Å²) < 4.78 is 58.1. The smallest absolute Gasteiger partial charge is 0.391 e. The number of oxazole rings is 1. The van der Waals surface area contributed by atoms with Gasteiger partial charge in [-0.2, -0.15) is 13.2 Å². The summed E-state index contributed by atoms with van der Waals surface area (Å²) in [6, 6.07) is 2.82. The molecule has 1 aromatic carbocycles. The lowest BCUT2D eigenvalue weighted by molar-refractivity contribution is -0.169. The van der Waals surface area contributed by atoms with E-state index in [9.17, 15) is 22.4 Å². The van der Waals surface area contributed by atoms with E-state index in [2.05, 4.69) is 20.3 Å². The van der Waals surface area contributed by atoms with Crippen LogP contribution in [-0.2, 0) is 19.4 Å². The van der Waals surface area contributed by atoms with E-state index in [-0.39, 0.29) is 23.8 Å². The van der Waals surface area contributed by atoms with Crippen molar-refractivity contribution < 1.29 is 26.8 Å². The van der Waals surface area contributed by atoms with Gasteiger partial charge in [0.05, 0.1) is 29.4 Å². The second-order valence-corrected chi connectivity index (χ2v) is 8.44. The van der Waals surface area contributed by atoms with Crippen molar-refractivity contribution in [1.82, 2.24) is 25.2 Å². The predicted molar refractivity (Wildman–Crippen MR) is 113 cm³/mol. The van der Waals surface area contributed by atoms with Crippen molar-refractivity contribution in [3.63, 3.8) is 0 Å². The van der Waals surface area contributed by atoms with Crippen molar-refractivity contribution in [2.75, 3.05) is 6.54 Å². The number of carbonyl (C=O) groups is 1. The van der Waals surface area contributed by atoms with E-state index >= 15 is 0 Å². The highest BCUT2D eigenvalue weighted by molar-refractivity contribution is 6.30. The van der Waals surface area contributed by atoms with Gasteiger partial charge in [-0.15, -0.1) is 0 Å². The van der Waals surface area contributed by atoms with Gasteiger partial charge in [0.2, 0.25) is 0 Å². The fourth-order valence-electron chi connectivity index (χ4n) is 3.60. The number of nitrogens with one attached hydrogen (secondary N) is 1. The summed E-state index contributed by atoms with van der Waals surface area (Å²) >= 11 is 5.77. The number of nitrogens with zero attached hydrogens (tertiary/aromatic N) is 4. The second kappa shape index (κ2) is 9.57. The molecule has 0 saturated heterocycles. The summed E-state index contributed by atoms with van der Waals surface area (Å²) in [4.78, 5) is 26.7. The fraction of sp³-hybridized carbons (Fsp3) is 0.364. The van der Waals surface area contributed by atoms with Gasteiger partial charge in [0.25, 0.3) is 0 Å². The Labute approximate surface area is 197 Å². The molecule has 0 spiro atoms. The van der Waals surface area contributed by atoms with E-state index in [1.54, 1.807) is 6.07 Å². The lowest BCUT2D eigenvalue weighted by Gasteiger charge is -2.30. The molecule has 7 nitrogen and oxygen atoms in total. The zero-order chi connectivity index (χ0) is 24.5. The molecule has 0 aliphatic carbocycles. The number of amides is 2. The number of fused-ring (bicyclic) bond motifs is 1. The number of rotatable bonds is 5. The van der Waals surface area contributed by atoms with E-state index in [1.807, 2.05) is 0 Å². The normalized spacial score (nSPS) is 15.5. The van der Waals surface area contributed by atoms with Crippen LogP contribution in [0.4, 0.5) is 22.4 Å². The highest BCUT2D eigenvalue weighted by atomic mass is 35.5. The third kappa shape index (κ3) is 5.30. The average Bonchev–Trinajstić information content (AvgIpc) is 3.32. The maximum absolute atomic E-state index is 14.1. The van der Waals surface area contributed by atoms with Crippen molar-refractivity contribution in [1.29, 1.82) is 0 Å². The highest BCUT2D eigenvalue weighted by Crippen LogP contribution is 2.29. The summed E-state index contributed by atoms with van der Waals surface area (Å²) in [5.41, 5.74) is 1.67. The molecule has 12 heteroatoms. The van der Waals surface area contributed by atoms with Crippen molar-refractivity contribution >= 4 is 17.6 Å². The quantitative estimate of drug-likeness (QED) is 0.509. The molecule has 2 atom stereocenters. The molecule has 180 valence electrons. The number of hydrogen-bond acceptors (Lipinski definition) is 5. The molecule has 2 amide bonds. The maximum Gasteiger partial charge on any atom is 0.391 e. The minimum Gasteiger partial charge on any atom is -0.446 e. The van der Waals surface area contributed by atoms with Crippen LogP contribution in [-0.4, -0.2) is 38.6 Å². The first-order chi connectivity index (χ1) is 16.1. The summed E-state index contributed by atoms with van der Waals surface area (Å²) in [6.07, 6.45) is -0.131. The monoisotopic (exact) mass is 497 g/mol. The van der Waals surface area contributed by atoms with Gasteiger partial charge in [0.1, 0.15) is 17.7 Å². The molecule has 2 unspecified atom stereocenters. The third-order valence-electron chi connectivity index (χ3n) is 5.61. The largest absolute Gasteiger partial charge is 0.446 e. The Hall–Kier alpha value is -3.21. The van der Waals surface area contributed by atoms with Crippen LogP contribution >= 0.6 is 11.6 Å². The zero-order valence-electron chi connectivity index (χ0n) is 17.9. The van der Waals surface area contributed by atoms with Crippen LogP contribution in [0.25, 0.3) is 0 Å². The Bertz CT molecular complexity index is 1170. The van der Waals surface area contributed by atoms with Crippen LogP contribution in [0.5, 0.6) is 0 Å². The van der Waals surface area contributed by atoms with Gasteiger partial charge in [-0.25, -0.2) is 24.1 Å². The van der Waals surface area contributed by atoms with E-state index in [4.69, 9.17) is 16.0 Å². The first-order valence-electron chi connectivity index (χ1n) is 10.4. The van der Waals surface area contributed by atoms with Gasteiger partial charge in [0.15, 0.2) is 12.2 Å². The van der Waals surface area contributed by atoms with Crippen LogP contribution in [0, 0.1) is 11.7 Å². The van der Waals surface area contributed by atoms with Crippen LogP contribution < -0.4 is 5.32 Å². The third-order valence-corrected chi connectivity index (χ3v) is 5.92. The minimum absolute atomic E-state index is 0.0608. The van der Waals surface area contributed by atoms with E-state index < -0.39 is 30.0 Å². The first-order valence-corrected chi connectivity index (χ1v) is 10.8. The zero-order valence-corrected chi connectivity index (χ0v) is 18.7. The lowest BCUT2D eigenvalue weighted by Crippen LogP contribution is -2.44.